The third-order valence-electron chi connectivity index (χ3n) is 2.61. The fraction of sp³-hybridized carbons (Fsp3) is 0.857. The van der Waals surface area contributed by atoms with E-state index < -0.39 is 11.1 Å². The molecule has 1 aliphatic rings. The fourth-order valence-corrected chi connectivity index (χ4v) is 1.11. The molecule has 0 unspecified atom stereocenters. The topological polar surface area (TPSA) is 49.3 Å². The first-order chi connectivity index (χ1) is 4.44. The van der Waals surface area contributed by atoms with Gasteiger partial charge in [-0.1, -0.05) is 6.92 Å². The van der Waals surface area contributed by atoms with Gasteiger partial charge in [0.25, 0.3) is 5.91 Å². The van der Waals surface area contributed by atoms with Crippen LogP contribution in [-0.4, -0.2) is 22.2 Å². The molecule has 0 aromatic rings. The van der Waals surface area contributed by atoms with E-state index >= 15 is 0 Å². The summed E-state index contributed by atoms with van der Waals surface area (Å²) in [6.45, 7) is 5.33. The van der Waals surface area contributed by atoms with Crippen LogP contribution >= 0.6 is 0 Å². The Kier molecular flexibility index (Phi) is 1.30. The molecule has 10 heavy (non-hydrogen) atoms. The second-order valence-electron chi connectivity index (χ2n) is 3.21. The van der Waals surface area contributed by atoms with E-state index in [1.807, 2.05) is 13.8 Å². The second kappa shape index (κ2) is 1.72. The zero-order valence-electron chi connectivity index (χ0n) is 6.56. The molecule has 0 saturated carbocycles. The first-order valence-corrected chi connectivity index (χ1v) is 3.49. The lowest BCUT2D eigenvalue weighted by Crippen LogP contribution is -2.78. The average molecular weight is 143 g/mol. The van der Waals surface area contributed by atoms with Gasteiger partial charge in [0.2, 0.25) is 0 Å². The van der Waals surface area contributed by atoms with E-state index in [9.17, 15) is 9.90 Å². The standard InChI is InChI=1S/C7H13NO2/c1-4-6(2)7(3,10)5(9)8-6/h10H,4H2,1-3H3,(H,8,9)/t6-,7+/m1/s1. The maximum absolute atomic E-state index is 10.8. The monoisotopic (exact) mass is 143 g/mol. The average Bonchev–Trinajstić information content (AvgIpc) is 1.88. The maximum Gasteiger partial charge on any atom is 0.254 e. The van der Waals surface area contributed by atoms with Gasteiger partial charge in [-0.05, 0) is 20.3 Å². The van der Waals surface area contributed by atoms with Crippen LogP contribution in [0.3, 0.4) is 0 Å². The van der Waals surface area contributed by atoms with Crippen LogP contribution in [0.4, 0.5) is 0 Å². The van der Waals surface area contributed by atoms with Crippen LogP contribution in [0.2, 0.25) is 0 Å². The van der Waals surface area contributed by atoms with Crippen LogP contribution in [0, 0.1) is 0 Å². The maximum atomic E-state index is 10.8. The summed E-state index contributed by atoms with van der Waals surface area (Å²) in [5.74, 6) is -0.267. The predicted octanol–water partition coefficient (Wildman–Crippen LogP) is 0.0359. The zero-order valence-corrected chi connectivity index (χ0v) is 6.56. The minimum absolute atomic E-state index is 0.267. The molecule has 0 bridgehead atoms. The molecular formula is C7H13NO2. The zero-order chi connectivity index (χ0) is 7.99. The molecule has 1 saturated heterocycles. The molecule has 1 heterocycles. The Morgan fingerprint density at radius 1 is 1.60 bits per heavy atom. The van der Waals surface area contributed by atoms with Crippen LogP contribution in [0.15, 0.2) is 0 Å². The molecule has 0 radical (unpaired) electrons. The summed E-state index contributed by atoms with van der Waals surface area (Å²) in [4.78, 5) is 10.8. The number of nitrogens with one attached hydrogen (secondary N) is 1. The number of aliphatic hydroxyl groups is 1. The summed E-state index contributed by atoms with van der Waals surface area (Å²) in [6.07, 6.45) is 0.756. The minimum atomic E-state index is -1.16. The summed E-state index contributed by atoms with van der Waals surface area (Å²) < 4.78 is 0. The predicted molar refractivity (Wildman–Crippen MR) is 37.5 cm³/mol. The normalized spacial score (nSPS) is 46.2. The van der Waals surface area contributed by atoms with E-state index in [0.717, 1.165) is 6.42 Å². The molecule has 1 amide bonds. The molecule has 0 spiro atoms. The van der Waals surface area contributed by atoms with Crippen molar-refractivity contribution in [2.45, 2.75) is 38.3 Å². The molecule has 3 nitrogen and oxygen atoms in total. The second-order valence-corrected chi connectivity index (χ2v) is 3.21. The van der Waals surface area contributed by atoms with Gasteiger partial charge in [-0.2, -0.15) is 0 Å². The quantitative estimate of drug-likeness (QED) is 0.509. The molecule has 0 aromatic heterocycles. The number of rotatable bonds is 1. The lowest BCUT2D eigenvalue weighted by molar-refractivity contribution is -0.170. The largest absolute Gasteiger partial charge is 0.378 e. The van der Waals surface area contributed by atoms with Gasteiger partial charge in [0.05, 0.1) is 5.54 Å². The van der Waals surface area contributed by atoms with E-state index in [-0.39, 0.29) is 5.91 Å². The molecule has 2 atom stereocenters. The summed E-state index contributed by atoms with van der Waals surface area (Å²) in [6, 6.07) is 0. The third kappa shape index (κ3) is 0.611. The fourth-order valence-electron chi connectivity index (χ4n) is 1.11. The number of hydrogen-bond donors (Lipinski definition) is 2. The van der Waals surface area contributed by atoms with Crippen molar-refractivity contribution in [2.24, 2.45) is 0 Å². The third-order valence-corrected chi connectivity index (χ3v) is 2.61. The van der Waals surface area contributed by atoms with Gasteiger partial charge in [-0.25, -0.2) is 0 Å². The van der Waals surface area contributed by atoms with Crippen LogP contribution < -0.4 is 5.32 Å². The lowest BCUT2D eigenvalue weighted by Gasteiger charge is -2.51. The van der Waals surface area contributed by atoms with Crippen molar-refractivity contribution in [3.05, 3.63) is 0 Å². The Morgan fingerprint density at radius 2 is 2.10 bits per heavy atom. The van der Waals surface area contributed by atoms with Crippen molar-refractivity contribution in [3.8, 4) is 0 Å². The number of β-lactam (4-membered cyclic amide) rings is 1. The SMILES string of the molecule is CC[C@@]1(C)NC(=O)[C@]1(C)O. The van der Waals surface area contributed by atoms with Crippen molar-refractivity contribution >= 4 is 5.91 Å². The molecule has 2 N–H and O–H groups in total. The van der Waals surface area contributed by atoms with Gasteiger partial charge < -0.3 is 10.4 Å². The lowest BCUT2D eigenvalue weighted by atomic mass is 9.72. The van der Waals surface area contributed by atoms with E-state index in [1.165, 1.54) is 0 Å². The van der Waals surface area contributed by atoms with E-state index in [4.69, 9.17) is 0 Å². The first-order valence-electron chi connectivity index (χ1n) is 3.49. The van der Waals surface area contributed by atoms with Gasteiger partial charge in [0, 0.05) is 0 Å². The van der Waals surface area contributed by atoms with E-state index in [0.29, 0.717) is 0 Å². The van der Waals surface area contributed by atoms with Crippen LogP contribution in [0.5, 0.6) is 0 Å². The Labute approximate surface area is 60.4 Å². The molecule has 0 aromatic carbocycles. The highest BCUT2D eigenvalue weighted by Gasteiger charge is 2.58. The van der Waals surface area contributed by atoms with Gasteiger partial charge in [0.1, 0.15) is 0 Å². The smallest absolute Gasteiger partial charge is 0.254 e. The van der Waals surface area contributed by atoms with Crippen molar-refractivity contribution in [3.63, 3.8) is 0 Å². The Hall–Kier alpha value is -0.570. The van der Waals surface area contributed by atoms with Crippen molar-refractivity contribution < 1.29 is 9.90 Å². The highest BCUT2D eigenvalue weighted by atomic mass is 16.3. The van der Waals surface area contributed by atoms with E-state index in [1.54, 1.807) is 6.92 Å². The van der Waals surface area contributed by atoms with Crippen LogP contribution in [-0.2, 0) is 4.79 Å². The summed E-state index contributed by atoms with van der Waals surface area (Å²) in [7, 11) is 0. The molecular weight excluding hydrogens is 130 g/mol. The number of hydrogen-bond acceptors (Lipinski definition) is 2. The molecule has 3 heteroatoms. The minimum Gasteiger partial charge on any atom is -0.378 e. The van der Waals surface area contributed by atoms with Crippen molar-refractivity contribution in [1.29, 1.82) is 0 Å². The summed E-state index contributed by atoms with van der Waals surface area (Å²) in [5, 5.41) is 12.2. The Bertz CT molecular complexity index is 176. The van der Waals surface area contributed by atoms with Crippen molar-refractivity contribution in [2.75, 3.05) is 0 Å². The Morgan fingerprint density at radius 3 is 2.20 bits per heavy atom. The van der Waals surface area contributed by atoms with Gasteiger partial charge in [0.15, 0.2) is 5.60 Å². The van der Waals surface area contributed by atoms with Crippen molar-refractivity contribution in [1.82, 2.24) is 5.32 Å². The number of amides is 1. The highest BCUT2D eigenvalue weighted by molar-refractivity contribution is 5.93. The van der Waals surface area contributed by atoms with Gasteiger partial charge in [-0.3, -0.25) is 4.79 Å². The highest BCUT2D eigenvalue weighted by Crippen LogP contribution is 2.33. The van der Waals surface area contributed by atoms with Gasteiger partial charge >= 0.3 is 0 Å². The van der Waals surface area contributed by atoms with Gasteiger partial charge in [-0.15, -0.1) is 0 Å². The first kappa shape index (κ1) is 7.54. The molecule has 1 aliphatic heterocycles. The number of carbonyl (C=O) groups excluding carboxylic acids is 1. The van der Waals surface area contributed by atoms with Crippen LogP contribution in [0.25, 0.3) is 0 Å². The summed E-state index contributed by atoms with van der Waals surface area (Å²) >= 11 is 0. The van der Waals surface area contributed by atoms with Crippen LogP contribution in [0.1, 0.15) is 27.2 Å². The molecule has 58 valence electrons. The summed E-state index contributed by atoms with van der Waals surface area (Å²) in [5.41, 5.74) is -1.58. The molecule has 1 rings (SSSR count). The number of carbonyl (C=O) groups is 1. The van der Waals surface area contributed by atoms with E-state index in [2.05, 4.69) is 5.32 Å². The Balaban J connectivity index is 2.80. The molecule has 1 fully saturated rings. The molecule has 0 aliphatic carbocycles.